The van der Waals surface area contributed by atoms with E-state index in [0.29, 0.717) is 39.6 Å². The third-order valence-corrected chi connectivity index (χ3v) is 6.21. The zero-order valence-electron chi connectivity index (χ0n) is 18.0. The van der Waals surface area contributed by atoms with Crippen molar-refractivity contribution in [3.63, 3.8) is 0 Å². The van der Waals surface area contributed by atoms with Crippen LogP contribution in [-0.2, 0) is 28.4 Å². The summed E-state index contributed by atoms with van der Waals surface area (Å²) in [6, 6.07) is 8.28. The SMILES string of the molecule is CCOC(OCC)(OCC)[Si]c1ccc([Si]C(OCC)(OCC)OCC)cc1. The fraction of sp³-hybridized carbons (Fsp3) is 0.700. The zero-order chi connectivity index (χ0) is 20.9. The smallest absolute Gasteiger partial charge is 0.257 e. The molecule has 0 fully saturated rings. The monoisotopic (exact) mass is 426 g/mol. The fourth-order valence-electron chi connectivity index (χ4n) is 2.60. The molecule has 1 aromatic rings. The van der Waals surface area contributed by atoms with Gasteiger partial charge in [0.1, 0.15) is 0 Å². The predicted molar refractivity (Wildman–Crippen MR) is 112 cm³/mol. The summed E-state index contributed by atoms with van der Waals surface area (Å²) in [5.41, 5.74) is -2.04. The average Bonchev–Trinajstić information content (AvgIpc) is 2.65. The molecule has 0 heterocycles. The van der Waals surface area contributed by atoms with Gasteiger partial charge in [-0.2, -0.15) is 0 Å². The molecule has 0 saturated carbocycles. The zero-order valence-corrected chi connectivity index (χ0v) is 20.0. The van der Waals surface area contributed by atoms with E-state index in [1.807, 2.05) is 41.5 Å². The van der Waals surface area contributed by atoms with Gasteiger partial charge in [-0.15, -0.1) is 0 Å². The minimum Gasteiger partial charge on any atom is -0.332 e. The Morgan fingerprint density at radius 2 is 0.714 bits per heavy atom. The van der Waals surface area contributed by atoms with Crippen LogP contribution in [0.3, 0.4) is 0 Å². The lowest BCUT2D eigenvalue weighted by molar-refractivity contribution is -0.322. The van der Waals surface area contributed by atoms with Gasteiger partial charge in [-0.25, -0.2) is 0 Å². The maximum atomic E-state index is 5.83. The molecule has 0 aliphatic heterocycles. The summed E-state index contributed by atoms with van der Waals surface area (Å²) >= 11 is 0. The Morgan fingerprint density at radius 3 is 0.893 bits per heavy atom. The third-order valence-electron chi connectivity index (χ3n) is 3.49. The summed E-state index contributed by atoms with van der Waals surface area (Å²) < 4.78 is 35.0. The van der Waals surface area contributed by atoms with E-state index in [4.69, 9.17) is 28.4 Å². The van der Waals surface area contributed by atoms with Gasteiger partial charge in [0.25, 0.3) is 11.2 Å². The van der Waals surface area contributed by atoms with Crippen molar-refractivity contribution in [2.75, 3.05) is 39.6 Å². The molecule has 0 saturated heterocycles. The number of rotatable bonds is 16. The summed E-state index contributed by atoms with van der Waals surface area (Å²) in [4.78, 5) is 0. The van der Waals surface area contributed by atoms with Crippen molar-refractivity contribution in [3.05, 3.63) is 24.3 Å². The first-order chi connectivity index (χ1) is 13.5. The van der Waals surface area contributed by atoms with E-state index in [1.54, 1.807) is 0 Å². The molecule has 0 bridgehead atoms. The van der Waals surface area contributed by atoms with Gasteiger partial charge in [-0.1, -0.05) is 34.6 Å². The number of benzene rings is 1. The molecule has 0 amide bonds. The molecule has 1 aromatic carbocycles. The lowest BCUT2D eigenvalue weighted by atomic mass is 10.4. The van der Waals surface area contributed by atoms with Crippen molar-refractivity contribution >= 4 is 29.4 Å². The molecule has 0 atom stereocenters. The Hall–Kier alpha value is -0.586. The number of hydrogen-bond acceptors (Lipinski definition) is 6. The molecule has 0 unspecified atom stereocenters. The van der Waals surface area contributed by atoms with E-state index in [1.165, 1.54) is 0 Å². The normalized spacial score (nSPS) is 12.5. The summed E-state index contributed by atoms with van der Waals surface area (Å²) in [5.74, 6) is 0. The summed E-state index contributed by atoms with van der Waals surface area (Å²) in [6.07, 6.45) is 0. The second-order valence-electron chi connectivity index (χ2n) is 5.54. The van der Waals surface area contributed by atoms with Crippen LogP contribution in [0.15, 0.2) is 24.3 Å². The van der Waals surface area contributed by atoms with Gasteiger partial charge < -0.3 is 28.4 Å². The van der Waals surface area contributed by atoms with Gasteiger partial charge >= 0.3 is 0 Å². The van der Waals surface area contributed by atoms with Crippen LogP contribution < -0.4 is 10.4 Å². The van der Waals surface area contributed by atoms with E-state index in [9.17, 15) is 0 Å². The molecule has 0 aliphatic rings. The molecule has 28 heavy (non-hydrogen) atoms. The molecule has 1 rings (SSSR count). The second-order valence-corrected chi connectivity index (χ2v) is 8.42. The van der Waals surface area contributed by atoms with E-state index in [2.05, 4.69) is 24.3 Å². The first-order valence-corrected chi connectivity index (χ1v) is 12.0. The quantitative estimate of drug-likeness (QED) is 0.297. The lowest BCUT2D eigenvalue weighted by Crippen LogP contribution is -2.51. The Balaban J connectivity index is 2.95. The van der Waals surface area contributed by atoms with Gasteiger partial charge in [-0.05, 0) is 41.5 Å². The van der Waals surface area contributed by atoms with Gasteiger partial charge in [-0.3, -0.25) is 0 Å². The van der Waals surface area contributed by atoms with Gasteiger partial charge in [0.2, 0.25) is 19.0 Å². The minimum atomic E-state index is -1.02. The fourth-order valence-corrected chi connectivity index (χ4v) is 5.27. The van der Waals surface area contributed by atoms with Crippen molar-refractivity contribution in [1.29, 1.82) is 0 Å². The second kappa shape index (κ2) is 13.6. The molecule has 158 valence electrons. The van der Waals surface area contributed by atoms with Gasteiger partial charge in [0.15, 0.2) is 0 Å². The highest BCUT2D eigenvalue weighted by Gasteiger charge is 2.35. The van der Waals surface area contributed by atoms with Crippen molar-refractivity contribution in [2.24, 2.45) is 0 Å². The predicted octanol–water partition coefficient (Wildman–Crippen LogP) is 1.79. The van der Waals surface area contributed by atoms with Crippen molar-refractivity contribution in [2.45, 2.75) is 52.7 Å². The van der Waals surface area contributed by atoms with E-state index >= 15 is 0 Å². The Kier molecular flexibility index (Phi) is 12.4. The van der Waals surface area contributed by atoms with Gasteiger partial charge in [0.05, 0.1) is 0 Å². The molecule has 6 nitrogen and oxygen atoms in total. The maximum Gasteiger partial charge on any atom is 0.257 e. The first-order valence-electron chi connectivity index (χ1n) is 10.0. The standard InChI is InChI=1S/C20H34O6Si2/c1-7-21-19(22-8-2,23-9-3)27-17-13-15-18(16-14-17)28-20(24-10-4,25-11-5)26-12-6/h13-16H,7-12H2,1-6H3. The van der Waals surface area contributed by atoms with Crippen molar-refractivity contribution in [3.8, 4) is 0 Å². The molecular formula is C20H34O6Si2. The summed E-state index contributed by atoms with van der Waals surface area (Å²) in [7, 11) is 0.429. The Bertz CT molecular complexity index is 445. The van der Waals surface area contributed by atoms with Crippen LogP contribution >= 0.6 is 0 Å². The molecule has 0 spiro atoms. The van der Waals surface area contributed by atoms with Crippen LogP contribution in [0.25, 0.3) is 0 Å². The molecule has 0 N–H and O–H groups in total. The van der Waals surface area contributed by atoms with Crippen LogP contribution in [0.2, 0.25) is 0 Å². The van der Waals surface area contributed by atoms with Crippen molar-refractivity contribution in [1.82, 2.24) is 0 Å². The highest BCUT2D eigenvalue weighted by molar-refractivity contribution is 6.57. The topological polar surface area (TPSA) is 55.4 Å². The highest BCUT2D eigenvalue weighted by Crippen LogP contribution is 2.15. The van der Waals surface area contributed by atoms with Gasteiger partial charge in [0, 0.05) is 39.6 Å². The molecular weight excluding hydrogens is 392 g/mol. The van der Waals surface area contributed by atoms with Crippen LogP contribution in [0.5, 0.6) is 0 Å². The first kappa shape index (κ1) is 25.5. The molecule has 0 aromatic heterocycles. The lowest BCUT2D eigenvalue weighted by Gasteiger charge is -2.33. The highest BCUT2D eigenvalue weighted by atomic mass is 28.2. The van der Waals surface area contributed by atoms with E-state index in [0.717, 1.165) is 10.4 Å². The maximum absolute atomic E-state index is 5.83. The average molecular weight is 427 g/mol. The largest absolute Gasteiger partial charge is 0.332 e. The summed E-state index contributed by atoms with van der Waals surface area (Å²) in [5, 5.41) is 2.19. The van der Waals surface area contributed by atoms with Crippen LogP contribution in [0.1, 0.15) is 41.5 Å². The molecule has 8 heteroatoms. The Labute approximate surface area is 174 Å². The number of hydrogen-bond donors (Lipinski definition) is 0. The van der Waals surface area contributed by atoms with Crippen LogP contribution in [0.4, 0.5) is 0 Å². The van der Waals surface area contributed by atoms with Crippen LogP contribution in [0, 0.1) is 0 Å². The van der Waals surface area contributed by atoms with E-state index in [-0.39, 0.29) is 19.0 Å². The number of ether oxygens (including phenoxy) is 6. The minimum absolute atomic E-state index is 0.214. The van der Waals surface area contributed by atoms with E-state index < -0.39 is 11.2 Å². The van der Waals surface area contributed by atoms with Crippen molar-refractivity contribution < 1.29 is 28.4 Å². The Morgan fingerprint density at radius 1 is 0.500 bits per heavy atom. The molecule has 4 radical (unpaired) electrons. The third kappa shape index (κ3) is 8.04. The summed E-state index contributed by atoms with van der Waals surface area (Å²) in [6.45, 7) is 14.8. The molecule has 0 aliphatic carbocycles. The van der Waals surface area contributed by atoms with Crippen LogP contribution in [-0.4, -0.2) is 69.9 Å².